The Morgan fingerprint density at radius 1 is 1.03 bits per heavy atom. The standard InChI is InChI=1S/C22H21ClN2O4S/c1-3-15-6-4-5-7-20(15)24-22(26)16-8-13-19(23)21(14-16)30(27,28)25-17-9-11-18(29-2)12-10-17/h4-14,25H,3H2,1-2H3,(H,24,26). The van der Waals surface area contributed by atoms with E-state index in [1.54, 1.807) is 30.3 Å². The molecule has 0 heterocycles. The van der Waals surface area contributed by atoms with Crippen molar-refractivity contribution in [1.29, 1.82) is 0 Å². The van der Waals surface area contributed by atoms with E-state index >= 15 is 0 Å². The number of para-hydroxylation sites is 1. The molecule has 0 radical (unpaired) electrons. The second-order valence-corrected chi connectivity index (χ2v) is 8.50. The lowest BCUT2D eigenvalue weighted by Gasteiger charge is -2.13. The van der Waals surface area contributed by atoms with E-state index in [0.717, 1.165) is 12.0 Å². The van der Waals surface area contributed by atoms with Crippen molar-refractivity contribution >= 4 is 38.9 Å². The number of nitrogens with one attached hydrogen (secondary N) is 2. The third-order valence-corrected chi connectivity index (χ3v) is 6.33. The number of hydrogen-bond donors (Lipinski definition) is 2. The van der Waals surface area contributed by atoms with Gasteiger partial charge in [0, 0.05) is 16.9 Å². The van der Waals surface area contributed by atoms with Gasteiger partial charge in [-0.1, -0.05) is 36.7 Å². The number of hydrogen-bond acceptors (Lipinski definition) is 4. The van der Waals surface area contributed by atoms with Crippen molar-refractivity contribution in [3.63, 3.8) is 0 Å². The number of anilines is 2. The molecule has 0 aliphatic rings. The van der Waals surface area contributed by atoms with Crippen LogP contribution in [0.25, 0.3) is 0 Å². The molecule has 1 amide bonds. The Hall–Kier alpha value is -3.03. The zero-order valence-corrected chi connectivity index (χ0v) is 18.0. The number of carbonyl (C=O) groups is 1. The second-order valence-electron chi connectivity index (χ2n) is 6.44. The monoisotopic (exact) mass is 444 g/mol. The van der Waals surface area contributed by atoms with E-state index < -0.39 is 15.9 Å². The van der Waals surface area contributed by atoms with Gasteiger partial charge in [-0.15, -0.1) is 0 Å². The van der Waals surface area contributed by atoms with Crippen molar-refractivity contribution < 1.29 is 17.9 Å². The molecule has 0 atom stereocenters. The van der Waals surface area contributed by atoms with Crippen LogP contribution in [0.3, 0.4) is 0 Å². The average Bonchev–Trinajstić information content (AvgIpc) is 2.74. The number of benzene rings is 3. The maximum Gasteiger partial charge on any atom is 0.263 e. The Morgan fingerprint density at radius 3 is 2.40 bits per heavy atom. The number of amides is 1. The molecule has 0 unspecified atom stereocenters. The SMILES string of the molecule is CCc1ccccc1NC(=O)c1ccc(Cl)c(S(=O)(=O)Nc2ccc(OC)cc2)c1. The molecule has 6 nitrogen and oxygen atoms in total. The zero-order valence-electron chi connectivity index (χ0n) is 16.5. The summed E-state index contributed by atoms with van der Waals surface area (Å²) in [4.78, 5) is 12.5. The van der Waals surface area contributed by atoms with Crippen LogP contribution in [0.15, 0.2) is 71.6 Å². The third-order valence-electron chi connectivity index (χ3n) is 4.47. The zero-order chi connectivity index (χ0) is 21.7. The largest absolute Gasteiger partial charge is 0.497 e. The van der Waals surface area contributed by atoms with E-state index in [-0.39, 0.29) is 15.5 Å². The summed E-state index contributed by atoms with van der Waals surface area (Å²) >= 11 is 6.14. The predicted molar refractivity (Wildman–Crippen MR) is 119 cm³/mol. The fourth-order valence-electron chi connectivity index (χ4n) is 2.86. The maximum atomic E-state index is 12.9. The van der Waals surface area contributed by atoms with Crippen molar-refractivity contribution in [3.05, 3.63) is 82.9 Å². The molecule has 30 heavy (non-hydrogen) atoms. The summed E-state index contributed by atoms with van der Waals surface area (Å²) in [7, 11) is -2.49. The quantitative estimate of drug-likeness (QED) is 0.539. The number of halogens is 1. The normalized spacial score (nSPS) is 11.0. The molecule has 0 bridgehead atoms. The molecule has 8 heteroatoms. The Morgan fingerprint density at radius 2 is 1.73 bits per heavy atom. The first-order valence-electron chi connectivity index (χ1n) is 9.19. The molecule has 2 N–H and O–H groups in total. The fraction of sp³-hybridized carbons (Fsp3) is 0.136. The number of carbonyl (C=O) groups excluding carboxylic acids is 1. The molecule has 0 saturated carbocycles. The van der Waals surface area contributed by atoms with E-state index in [1.165, 1.54) is 25.3 Å². The molecule has 0 saturated heterocycles. The minimum atomic E-state index is -4.01. The summed E-state index contributed by atoms with van der Waals surface area (Å²) in [6.07, 6.45) is 0.752. The van der Waals surface area contributed by atoms with Crippen LogP contribution in [0.2, 0.25) is 5.02 Å². The first-order valence-corrected chi connectivity index (χ1v) is 11.1. The summed E-state index contributed by atoms with van der Waals surface area (Å²) in [6, 6.07) is 18.0. The van der Waals surface area contributed by atoms with Gasteiger partial charge in [-0.05, 0) is 60.5 Å². The van der Waals surface area contributed by atoms with E-state index in [1.807, 2.05) is 25.1 Å². The highest BCUT2D eigenvalue weighted by molar-refractivity contribution is 7.92. The van der Waals surface area contributed by atoms with Crippen molar-refractivity contribution in [2.45, 2.75) is 18.2 Å². The molecule has 0 aliphatic heterocycles. The minimum absolute atomic E-state index is 0.0153. The van der Waals surface area contributed by atoms with E-state index in [4.69, 9.17) is 16.3 Å². The summed E-state index contributed by atoms with van der Waals surface area (Å²) in [5.41, 5.74) is 2.19. The lowest BCUT2D eigenvalue weighted by molar-refractivity contribution is 0.102. The Bertz CT molecular complexity index is 1160. The summed E-state index contributed by atoms with van der Waals surface area (Å²) in [6.45, 7) is 1.99. The van der Waals surface area contributed by atoms with Crippen LogP contribution in [0.4, 0.5) is 11.4 Å². The molecule has 3 aromatic rings. The Kier molecular flexibility index (Phi) is 6.64. The van der Waals surface area contributed by atoms with Crippen LogP contribution in [0.1, 0.15) is 22.8 Å². The highest BCUT2D eigenvalue weighted by Crippen LogP contribution is 2.26. The second kappa shape index (κ2) is 9.19. The van der Waals surface area contributed by atoms with Crippen LogP contribution in [0, 0.1) is 0 Å². The summed E-state index contributed by atoms with van der Waals surface area (Å²) in [5.74, 6) is 0.176. The van der Waals surface area contributed by atoms with E-state index in [0.29, 0.717) is 17.1 Å². The van der Waals surface area contributed by atoms with Gasteiger partial charge in [0.1, 0.15) is 10.6 Å². The van der Waals surface area contributed by atoms with Crippen LogP contribution in [-0.2, 0) is 16.4 Å². The number of methoxy groups -OCH3 is 1. The van der Waals surface area contributed by atoms with Crippen LogP contribution in [-0.4, -0.2) is 21.4 Å². The molecule has 156 valence electrons. The Balaban J connectivity index is 1.87. The van der Waals surface area contributed by atoms with Gasteiger partial charge in [0.2, 0.25) is 0 Å². The third kappa shape index (κ3) is 4.93. The van der Waals surface area contributed by atoms with Crippen LogP contribution < -0.4 is 14.8 Å². The van der Waals surface area contributed by atoms with Gasteiger partial charge >= 0.3 is 0 Å². The van der Waals surface area contributed by atoms with Gasteiger partial charge in [-0.3, -0.25) is 9.52 Å². The van der Waals surface area contributed by atoms with Gasteiger partial charge in [0.15, 0.2) is 0 Å². The molecule has 0 aliphatic carbocycles. The first-order chi connectivity index (χ1) is 14.3. The Labute approximate surface area is 180 Å². The molecular formula is C22H21ClN2O4S. The fourth-order valence-corrected chi connectivity index (χ4v) is 4.45. The first kappa shape index (κ1) is 21.7. The number of rotatable bonds is 7. The van der Waals surface area contributed by atoms with Gasteiger partial charge in [0.25, 0.3) is 15.9 Å². The molecule has 3 aromatic carbocycles. The summed E-state index contributed by atoms with van der Waals surface area (Å²) in [5, 5.41) is 2.84. The van der Waals surface area contributed by atoms with Crippen molar-refractivity contribution in [3.8, 4) is 5.75 Å². The number of sulfonamides is 1. The molecular weight excluding hydrogens is 424 g/mol. The van der Waals surface area contributed by atoms with Gasteiger partial charge in [-0.2, -0.15) is 0 Å². The van der Waals surface area contributed by atoms with Crippen molar-refractivity contribution in [2.24, 2.45) is 0 Å². The molecule has 0 aromatic heterocycles. The summed E-state index contributed by atoms with van der Waals surface area (Å²) < 4.78 is 33.2. The minimum Gasteiger partial charge on any atom is -0.497 e. The van der Waals surface area contributed by atoms with Gasteiger partial charge in [-0.25, -0.2) is 8.42 Å². The molecule has 0 spiro atoms. The number of aryl methyl sites for hydroxylation is 1. The van der Waals surface area contributed by atoms with Crippen LogP contribution >= 0.6 is 11.6 Å². The average molecular weight is 445 g/mol. The van der Waals surface area contributed by atoms with Crippen molar-refractivity contribution in [2.75, 3.05) is 17.1 Å². The topological polar surface area (TPSA) is 84.5 Å². The lowest BCUT2D eigenvalue weighted by atomic mass is 10.1. The van der Waals surface area contributed by atoms with Crippen LogP contribution in [0.5, 0.6) is 5.75 Å². The predicted octanol–water partition coefficient (Wildman–Crippen LogP) is 4.96. The number of ether oxygens (including phenoxy) is 1. The highest BCUT2D eigenvalue weighted by atomic mass is 35.5. The molecule has 3 rings (SSSR count). The van der Waals surface area contributed by atoms with E-state index in [9.17, 15) is 13.2 Å². The maximum absolute atomic E-state index is 12.9. The smallest absolute Gasteiger partial charge is 0.263 e. The highest BCUT2D eigenvalue weighted by Gasteiger charge is 2.21. The van der Waals surface area contributed by atoms with Gasteiger partial charge < -0.3 is 10.1 Å². The molecule has 0 fully saturated rings. The van der Waals surface area contributed by atoms with E-state index in [2.05, 4.69) is 10.0 Å². The lowest BCUT2D eigenvalue weighted by Crippen LogP contribution is -2.17. The van der Waals surface area contributed by atoms with Gasteiger partial charge in [0.05, 0.1) is 12.1 Å². The van der Waals surface area contributed by atoms with Crippen molar-refractivity contribution in [1.82, 2.24) is 0 Å².